The minimum atomic E-state index is 0.333. The molecule has 3 aliphatic carbocycles. The van der Waals surface area contributed by atoms with Crippen LogP contribution in [0.2, 0.25) is 0 Å². The van der Waals surface area contributed by atoms with Crippen molar-refractivity contribution in [2.75, 3.05) is 6.61 Å². The van der Waals surface area contributed by atoms with Gasteiger partial charge in [0.15, 0.2) is 0 Å². The first-order chi connectivity index (χ1) is 10.3. The molecule has 0 heterocycles. The number of nitrogens with one attached hydrogen (secondary N) is 1. The molecule has 0 saturated heterocycles. The van der Waals surface area contributed by atoms with Gasteiger partial charge in [-0.25, -0.2) is 0 Å². The lowest BCUT2D eigenvalue weighted by atomic mass is 9.78. The summed E-state index contributed by atoms with van der Waals surface area (Å²) in [5, 5.41) is 0. The number of nitrogens with two attached hydrogens (primary N) is 1. The smallest absolute Gasteiger partial charge is 0.0769 e. The Morgan fingerprint density at radius 2 is 1.90 bits per heavy atom. The zero-order chi connectivity index (χ0) is 14.7. The molecule has 0 aromatic heterocycles. The molecule has 3 rings (SSSR count). The molecular formula is C18H34N2O. The predicted molar refractivity (Wildman–Crippen MR) is 86.7 cm³/mol. The van der Waals surface area contributed by atoms with Crippen molar-refractivity contribution >= 4 is 0 Å². The summed E-state index contributed by atoms with van der Waals surface area (Å²) in [6, 6.07) is 0.359. The van der Waals surface area contributed by atoms with Crippen LogP contribution in [0.1, 0.15) is 71.1 Å². The van der Waals surface area contributed by atoms with Crippen LogP contribution in [0.3, 0.4) is 0 Å². The molecule has 3 nitrogen and oxygen atoms in total. The molecule has 3 aliphatic rings. The van der Waals surface area contributed by atoms with E-state index in [1.165, 1.54) is 64.2 Å². The van der Waals surface area contributed by atoms with E-state index >= 15 is 0 Å². The van der Waals surface area contributed by atoms with E-state index in [1.807, 2.05) is 0 Å². The van der Waals surface area contributed by atoms with Crippen LogP contribution >= 0.6 is 0 Å². The molecule has 21 heavy (non-hydrogen) atoms. The Morgan fingerprint density at radius 3 is 2.48 bits per heavy atom. The highest BCUT2D eigenvalue weighted by Gasteiger charge is 2.42. The molecule has 5 atom stereocenters. The van der Waals surface area contributed by atoms with Gasteiger partial charge in [-0.2, -0.15) is 0 Å². The lowest BCUT2D eigenvalue weighted by Gasteiger charge is -2.37. The van der Waals surface area contributed by atoms with Gasteiger partial charge in [0.2, 0.25) is 0 Å². The molecule has 2 bridgehead atoms. The van der Waals surface area contributed by atoms with Gasteiger partial charge >= 0.3 is 0 Å². The largest absolute Gasteiger partial charge is 0.377 e. The highest BCUT2D eigenvalue weighted by atomic mass is 16.5. The molecule has 0 amide bonds. The molecule has 0 radical (unpaired) electrons. The van der Waals surface area contributed by atoms with Gasteiger partial charge in [0.05, 0.1) is 6.10 Å². The van der Waals surface area contributed by atoms with Gasteiger partial charge in [0.25, 0.3) is 0 Å². The molecule has 3 fully saturated rings. The fraction of sp³-hybridized carbons (Fsp3) is 1.00. The van der Waals surface area contributed by atoms with Gasteiger partial charge in [-0.1, -0.05) is 25.7 Å². The van der Waals surface area contributed by atoms with E-state index in [2.05, 4.69) is 12.3 Å². The minimum absolute atomic E-state index is 0.333. The third-order valence-corrected chi connectivity index (χ3v) is 6.53. The molecular weight excluding hydrogens is 260 g/mol. The monoisotopic (exact) mass is 294 g/mol. The first kappa shape index (κ1) is 15.8. The highest BCUT2D eigenvalue weighted by molar-refractivity contribution is 4.94. The Hall–Kier alpha value is -0.120. The molecule has 0 aromatic rings. The Balaban J connectivity index is 1.60. The summed E-state index contributed by atoms with van der Waals surface area (Å²) < 4.78 is 6.18. The van der Waals surface area contributed by atoms with E-state index in [9.17, 15) is 0 Å². The normalized spacial score (nSPS) is 36.0. The summed E-state index contributed by atoms with van der Waals surface area (Å²) in [4.78, 5) is 0. The van der Waals surface area contributed by atoms with Crippen molar-refractivity contribution in [3.05, 3.63) is 0 Å². The number of hydrazine groups is 1. The summed E-state index contributed by atoms with van der Waals surface area (Å²) >= 11 is 0. The van der Waals surface area contributed by atoms with Crippen molar-refractivity contribution in [2.45, 2.75) is 83.3 Å². The van der Waals surface area contributed by atoms with Crippen molar-refractivity contribution in [1.82, 2.24) is 5.43 Å². The van der Waals surface area contributed by atoms with Gasteiger partial charge in [0, 0.05) is 12.6 Å². The molecule has 0 aromatic carbocycles. The minimum Gasteiger partial charge on any atom is -0.377 e. The van der Waals surface area contributed by atoms with Gasteiger partial charge in [-0.05, 0) is 69.1 Å². The maximum absolute atomic E-state index is 6.18. The third kappa shape index (κ3) is 3.62. The SMILES string of the molecule is CCOC(C1CCCCC1)C(CC1CC2CCC1C2)NN. The summed E-state index contributed by atoms with van der Waals surface area (Å²) in [7, 11) is 0. The number of rotatable bonds is 7. The lowest BCUT2D eigenvalue weighted by molar-refractivity contribution is -0.0245. The van der Waals surface area contributed by atoms with E-state index in [0.717, 1.165) is 30.3 Å². The Bertz CT molecular complexity index is 316. The lowest BCUT2D eigenvalue weighted by Crippen LogP contribution is -2.50. The van der Waals surface area contributed by atoms with Crippen LogP contribution in [0.4, 0.5) is 0 Å². The van der Waals surface area contributed by atoms with Crippen LogP contribution in [-0.4, -0.2) is 18.8 Å². The zero-order valence-corrected chi connectivity index (χ0v) is 13.7. The number of ether oxygens (including phenoxy) is 1. The molecule has 0 aliphatic heterocycles. The van der Waals surface area contributed by atoms with E-state index in [4.69, 9.17) is 10.6 Å². The summed E-state index contributed by atoms with van der Waals surface area (Å²) in [6.07, 6.45) is 14.3. The standard InChI is InChI=1S/C18H34N2O/c1-2-21-18(14-6-4-3-5-7-14)17(20-19)12-16-11-13-8-9-15(16)10-13/h13-18,20H,2-12,19H2,1H3. The molecule has 3 saturated carbocycles. The fourth-order valence-corrected chi connectivity index (χ4v) is 5.52. The Labute approximate surface area is 130 Å². The van der Waals surface area contributed by atoms with Gasteiger partial charge < -0.3 is 4.74 Å². The van der Waals surface area contributed by atoms with Gasteiger partial charge in [-0.15, -0.1) is 0 Å². The van der Waals surface area contributed by atoms with Crippen LogP contribution in [0.5, 0.6) is 0 Å². The molecule has 0 spiro atoms. The third-order valence-electron chi connectivity index (χ3n) is 6.53. The Kier molecular flexibility index (Phi) is 5.58. The van der Waals surface area contributed by atoms with Crippen molar-refractivity contribution in [3.63, 3.8) is 0 Å². The topological polar surface area (TPSA) is 47.3 Å². The van der Waals surface area contributed by atoms with E-state index in [-0.39, 0.29) is 0 Å². The van der Waals surface area contributed by atoms with Crippen LogP contribution in [0.15, 0.2) is 0 Å². The van der Waals surface area contributed by atoms with Crippen LogP contribution in [0.25, 0.3) is 0 Å². The second kappa shape index (κ2) is 7.43. The summed E-state index contributed by atoms with van der Waals surface area (Å²) in [6.45, 7) is 2.94. The predicted octanol–water partition coefficient (Wildman–Crippen LogP) is 3.63. The van der Waals surface area contributed by atoms with Crippen molar-refractivity contribution in [2.24, 2.45) is 29.5 Å². The second-order valence-electron chi connectivity index (χ2n) is 7.76. The molecule has 3 heteroatoms. The van der Waals surface area contributed by atoms with Crippen molar-refractivity contribution < 1.29 is 4.74 Å². The highest BCUT2D eigenvalue weighted by Crippen LogP contribution is 2.50. The maximum Gasteiger partial charge on any atom is 0.0769 e. The van der Waals surface area contributed by atoms with Crippen LogP contribution < -0.4 is 11.3 Å². The molecule has 3 N–H and O–H groups in total. The van der Waals surface area contributed by atoms with E-state index in [0.29, 0.717) is 12.1 Å². The van der Waals surface area contributed by atoms with Crippen molar-refractivity contribution in [1.29, 1.82) is 0 Å². The fourth-order valence-electron chi connectivity index (χ4n) is 5.52. The number of hydrogen-bond acceptors (Lipinski definition) is 3. The van der Waals surface area contributed by atoms with Gasteiger partial charge in [-0.3, -0.25) is 11.3 Å². The van der Waals surface area contributed by atoms with Crippen molar-refractivity contribution in [3.8, 4) is 0 Å². The summed E-state index contributed by atoms with van der Waals surface area (Å²) in [5.41, 5.74) is 3.15. The van der Waals surface area contributed by atoms with Crippen LogP contribution in [-0.2, 0) is 4.74 Å². The second-order valence-corrected chi connectivity index (χ2v) is 7.76. The molecule has 5 unspecified atom stereocenters. The first-order valence-electron chi connectivity index (χ1n) is 9.39. The maximum atomic E-state index is 6.18. The average molecular weight is 294 g/mol. The van der Waals surface area contributed by atoms with E-state index in [1.54, 1.807) is 0 Å². The zero-order valence-electron chi connectivity index (χ0n) is 13.7. The van der Waals surface area contributed by atoms with Gasteiger partial charge in [0.1, 0.15) is 0 Å². The number of hydrogen-bond donors (Lipinski definition) is 2. The van der Waals surface area contributed by atoms with E-state index < -0.39 is 0 Å². The quantitative estimate of drug-likeness (QED) is 0.557. The summed E-state index contributed by atoms with van der Waals surface area (Å²) in [5.74, 6) is 9.59. The van der Waals surface area contributed by atoms with Crippen LogP contribution in [0, 0.1) is 23.7 Å². The average Bonchev–Trinajstić information content (AvgIpc) is 3.14. The Morgan fingerprint density at radius 1 is 1.10 bits per heavy atom. The molecule has 122 valence electrons. The first-order valence-corrected chi connectivity index (χ1v) is 9.39. The number of fused-ring (bicyclic) bond motifs is 2.